The van der Waals surface area contributed by atoms with Crippen molar-refractivity contribution in [3.05, 3.63) is 64.4 Å². The Hall–Kier alpha value is -3.36. The van der Waals surface area contributed by atoms with Crippen LogP contribution < -0.4 is 15.3 Å². The lowest BCUT2D eigenvalue weighted by Crippen LogP contribution is -2.35. The van der Waals surface area contributed by atoms with Gasteiger partial charge in [-0.2, -0.15) is 0 Å². The van der Waals surface area contributed by atoms with E-state index < -0.39 is 6.36 Å². The van der Waals surface area contributed by atoms with E-state index >= 15 is 0 Å². The van der Waals surface area contributed by atoms with E-state index in [9.17, 15) is 13.2 Å². The molecular weight excluding hydrogens is 373 g/mol. The second-order valence-corrected chi connectivity index (χ2v) is 6.32. The van der Waals surface area contributed by atoms with Crippen LogP contribution in [-0.2, 0) is 6.54 Å². The van der Waals surface area contributed by atoms with Crippen LogP contribution in [-0.4, -0.2) is 28.2 Å². The summed E-state index contributed by atoms with van der Waals surface area (Å²) in [6, 6.07) is 11.4. The van der Waals surface area contributed by atoms with Crippen LogP contribution in [0, 0.1) is 6.92 Å². The van der Waals surface area contributed by atoms with Gasteiger partial charge in [0.05, 0.1) is 11.9 Å². The van der Waals surface area contributed by atoms with Crippen molar-refractivity contribution < 1.29 is 22.5 Å². The van der Waals surface area contributed by atoms with Crippen molar-refractivity contribution in [3.8, 4) is 16.9 Å². The third-order valence-electron chi connectivity index (χ3n) is 4.27. The Morgan fingerprint density at radius 3 is 2.68 bits per heavy atom. The number of fused-ring (bicyclic) bond motifs is 1. The molecule has 0 atom stereocenters. The van der Waals surface area contributed by atoms with Gasteiger partial charge in [0.2, 0.25) is 0 Å². The summed E-state index contributed by atoms with van der Waals surface area (Å²) in [4.78, 5) is 6.49. The zero-order valence-electron chi connectivity index (χ0n) is 14.8. The summed E-state index contributed by atoms with van der Waals surface area (Å²) in [5, 5.41) is 9.32. The van der Waals surface area contributed by atoms with Crippen LogP contribution in [0.25, 0.3) is 17.3 Å². The van der Waals surface area contributed by atoms with E-state index in [-0.39, 0.29) is 5.75 Å². The first-order valence-corrected chi connectivity index (χ1v) is 8.42. The fourth-order valence-corrected chi connectivity index (χ4v) is 2.94. The fourth-order valence-electron chi connectivity index (χ4n) is 2.94. The van der Waals surface area contributed by atoms with Gasteiger partial charge in [-0.05, 0) is 42.3 Å². The molecule has 0 bridgehead atoms. The van der Waals surface area contributed by atoms with Crippen LogP contribution in [0.2, 0.25) is 0 Å². The fraction of sp³-hybridized carbons (Fsp3) is 0.211. The van der Waals surface area contributed by atoms with Gasteiger partial charge >= 0.3 is 6.36 Å². The predicted octanol–water partition coefficient (Wildman–Crippen LogP) is 2.77. The summed E-state index contributed by atoms with van der Waals surface area (Å²) in [6.45, 7) is 2.78. The van der Waals surface area contributed by atoms with Gasteiger partial charge in [-0.15, -0.1) is 13.2 Å². The first-order chi connectivity index (χ1) is 13.4. The molecule has 0 unspecified atom stereocenters. The number of aryl methyl sites for hydroxylation is 1. The van der Waals surface area contributed by atoms with Crippen LogP contribution in [0.5, 0.6) is 5.75 Å². The normalized spacial score (nSPS) is 13.5. The maximum atomic E-state index is 12.5. The number of rotatable bonds is 4. The Morgan fingerprint density at radius 2 is 1.93 bits per heavy atom. The minimum atomic E-state index is -4.73. The minimum Gasteiger partial charge on any atom is -0.406 e. The standard InChI is InChI=1S/C19H15F3N4O2/c1-12-18(25-28-24-12)10-26-9-15-7-14(5-6-17(15)23-11-26)13-3-2-4-16(8-13)27-19(20,21)22/h2-9H,10-11H2,1H3. The number of nitrogens with zero attached hydrogens (tertiary/aromatic N) is 4. The second kappa shape index (κ2) is 6.99. The summed E-state index contributed by atoms with van der Waals surface area (Å²) in [7, 11) is 0. The molecule has 6 nitrogen and oxygen atoms in total. The summed E-state index contributed by atoms with van der Waals surface area (Å²) in [6.07, 6.45) is -2.79. The quantitative estimate of drug-likeness (QED) is 0.688. The van der Waals surface area contributed by atoms with Gasteiger partial charge in [-0.3, -0.25) is 4.99 Å². The van der Waals surface area contributed by atoms with Crippen LogP contribution in [0.1, 0.15) is 11.4 Å². The highest BCUT2D eigenvalue weighted by molar-refractivity contribution is 5.65. The molecule has 3 aromatic rings. The lowest BCUT2D eigenvalue weighted by atomic mass is 10.0. The monoisotopic (exact) mass is 388 g/mol. The summed E-state index contributed by atoms with van der Waals surface area (Å²) >= 11 is 0. The molecule has 2 aromatic carbocycles. The highest BCUT2D eigenvalue weighted by atomic mass is 19.4. The lowest BCUT2D eigenvalue weighted by molar-refractivity contribution is -0.274. The molecule has 2 heterocycles. The molecule has 0 saturated heterocycles. The van der Waals surface area contributed by atoms with Crippen LogP contribution >= 0.6 is 0 Å². The smallest absolute Gasteiger partial charge is 0.406 e. The average Bonchev–Trinajstić information content (AvgIpc) is 3.04. The van der Waals surface area contributed by atoms with E-state index in [1.165, 1.54) is 18.2 Å². The van der Waals surface area contributed by atoms with E-state index in [0.717, 1.165) is 27.5 Å². The number of ether oxygens (including phenoxy) is 1. The average molecular weight is 388 g/mol. The van der Waals surface area contributed by atoms with Gasteiger partial charge in [0.1, 0.15) is 23.8 Å². The van der Waals surface area contributed by atoms with E-state index in [1.54, 1.807) is 6.07 Å². The molecule has 0 saturated carbocycles. The maximum absolute atomic E-state index is 12.5. The molecule has 4 rings (SSSR count). The molecular formula is C19H15F3N4O2. The predicted molar refractivity (Wildman–Crippen MR) is 93.3 cm³/mol. The van der Waals surface area contributed by atoms with Crippen molar-refractivity contribution in [2.24, 2.45) is 4.99 Å². The zero-order chi connectivity index (χ0) is 19.7. The first kappa shape index (κ1) is 18.0. The van der Waals surface area contributed by atoms with Crippen molar-refractivity contribution >= 4 is 6.20 Å². The number of hydrogen-bond donors (Lipinski definition) is 0. The summed E-state index contributed by atoms with van der Waals surface area (Å²) < 4.78 is 46.1. The third-order valence-corrected chi connectivity index (χ3v) is 4.27. The number of benzene rings is 2. The Morgan fingerprint density at radius 1 is 1.11 bits per heavy atom. The van der Waals surface area contributed by atoms with Gasteiger partial charge < -0.3 is 9.64 Å². The minimum absolute atomic E-state index is 0.257. The van der Waals surface area contributed by atoms with Gasteiger partial charge in [0, 0.05) is 11.4 Å². The highest BCUT2D eigenvalue weighted by Gasteiger charge is 2.31. The Bertz CT molecular complexity index is 1120. The number of hydrogen-bond acceptors (Lipinski definition) is 6. The third kappa shape index (κ3) is 3.98. The topological polar surface area (TPSA) is 63.8 Å². The van der Waals surface area contributed by atoms with Crippen LogP contribution in [0.15, 0.2) is 52.1 Å². The van der Waals surface area contributed by atoms with Gasteiger partial charge in [-0.1, -0.05) is 28.5 Å². The van der Waals surface area contributed by atoms with Gasteiger partial charge in [0.25, 0.3) is 0 Å². The van der Waals surface area contributed by atoms with Crippen molar-refractivity contribution in [1.29, 1.82) is 0 Å². The molecule has 0 N–H and O–H groups in total. The van der Waals surface area contributed by atoms with Crippen molar-refractivity contribution in [1.82, 2.24) is 15.2 Å². The van der Waals surface area contributed by atoms with Crippen molar-refractivity contribution in [3.63, 3.8) is 0 Å². The number of halogens is 3. The van der Waals surface area contributed by atoms with E-state index in [1.807, 2.05) is 36.2 Å². The molecule has 144 valence electrons. The van der Waals surface area contributed by atoms with Gasteiger partial charge in [0.15, 0.2) is 0 Å². The van der Waals surface area contributed by atoms with Gasteiger partial charge in [-0.25, -0.2) is 4.63 Å². The van der Waals surface area contributed by atoms with E-state index in [4.69, 9.17) is 4.63 Å². The SMILES string of the molecule is Cc1nonc1CN1C=c2cc(-c3cccc(OC(F)(F)F)c3)ccc2=NC1. The van der Waals surface area contributed by atoms with Crippen LogP contribution in [0.4, 0.5) is 13.2 Å². The van der Waals surface area contributed by atoms with Crippen molar-refractivity contribution in [2.75, 3.05) is 6.67 Å². The largest absolute Gasteiger partial charge is 0.573 e. The molecule has 1 aliphatic rings. The molecule has 1 aromatic heterocycles. The molecule has 1 aliphatic heterocycles. The lowest BCUT2D eigenvalue weighted by Gasteiger charge is -2.19. The van der Waals surface area contributed by atoms with E-state index in [0.29, 0.717) is 18.8 Å². The molecule has 9 heteroatoms. The summed E-state index contributed by atoms with van der Waals surface area (Å²) in [5.41, 5.74) is 2.82. The Balaban J connectivity index is 1.64. The molecule has 0 fully saturated rings. The van der Waals surface area contributed by atoms with E-state index in [2.05, 4.69) is 20.0 Å². The zero-order valence-corrected chi connectivity index (χ0v) is 14.8. The Labute approximate surface area is 157 Å². The molecule has 28 heavy (non-hydrogen) atoms. The second-order valence-electron chi connectivity index (χ2n) is 6.32. The maximum Gasteiger partial charge on any atom is 0.573 e. The molecule has 0 radical (unpaired) electrons. The molecule has 0 amide bonds. The number of aromatic nitrogens is 2. The molecule has 0 spiro atoms. The molecule has 0 aliphatic carbocycles. The highest BCUT2D eigenvalue weighted by Crippen LogP contribution is 2.27. The summed E-state index contributed by atoms with van der Waals surface area (Å²) in [5.74, 6) is -0.257. The number of alkyl halides is 3. The first-order valence-electron chi connectivity index (χ1n) is 8.42. The Kier molecular flexibility index (Phi) is 4.50. The van der Waals surface area contributed by atoms with Crippen molar-refractivity contribution in [2.45, 2.75) is 19.8 Å². The van der Waals surface area contributed by atoms with Crippen LogP contribution in [0.3, 0.4) is 0 Å².